The lowest BCUT2D eigenvalue weighted by atomic mass is 9.99. The number of hydrogen-bond donors (Lipinski definition) is 0. The van der Waals surface area contributed by atoms with E-state index in [1.165, 1.54) is 16.7 Å². The van der Waals surface area contributed by atoms with Gasteiger partial charge in [0.05, 0.1) is 0 Å². The minimum Gasteiger partial charge on any atom is -0.457 e. The number of ether oxygens (including phenoxy) is 1. The van der Waals surface area contributed by atoms with Gasteiger partial charge in [0, 0.05) is 6.42 Å². The van der Waals surface area contributed by atoms with Crippen molar-refractivity contribution in [2.24, 2.45) is 0 Å². The van der Waals surface area contributed by atoms with Crippen molar-refractivity contribution in [2.45, 2.75) is 13.3 Å². The van der Waals surface area contributed by atoms with Crippen molar-refractivity contribution < 1.29 is 4.74 Å². The topological polar surface area (TPSA) is 9.23 Å². The Hall–Kier alpha value is -1.76. The SMILES string of the molecule is Cc1ccc2c(c1)Oc1ccccc1C2. The first kappa shape index (κ1) is 8.54. The number of hydrogen-bond acceptors (Lipinski definition) is 1. The molecule has 0 bridgehead atoms. The van der Waals surface area contributed by atoms with Gasteiger partial charge in [0.15, 0.2) is 0 Å². The molecule has 0 fully saturated rings. The Morgan fingerprint density at radius 2 is 1.73 bits per heavy atom. The molecule has 0 saturated carbocycles. The quantitative estimate of drug-likeness (QED) is 0.532. The van der Waals surface area contributed by atoms with Crippen molar-refractivity contribution in [3.05, 3.63) is 59.2 Å². The van der Waals surface area contributed by atoms with E-state index in [0.717, 1.165) is 17.9 Å². The van der Waals surface area contributed by atoms with Crippen molar-refractivity contribution in [1.82, 2.24) is 0 Å². The summed E-state index contributed by atoms with van der Waals surface area (Å²) in [5.74, 6) is 2.00. The predicted molar refractivity (Wildman–Crippen MR) is 60.5 cm³/mol. The summed E-state index contributed by atoms with van der Waals surface area (Å²) in [6.45, 7) is 2.09. The van der Waals surface area contributed by atoms with Crippen LogP contribution in [0.4, 0.5) is 0 Å². The highest BCUT2D eigenvalue weighted by Crippen LogP contribution is 2.36. The van der Waals surface area contributed by atoms with Crippen LogP contribution in [0.5, 0.6) is 11.5 Å². The maximum atomic E-state index is 5.86. The van der Waals surface area contributed by atoms with Crippen LogP contribution < -0.4 is 4.74 Å². The number of aryl methyl sites for hydroxylation is 1. The summed E-state index contributed by atoms with van der Waals surface area (Å²) in [6.07, 6.45) is 0.978. The van der Waals surface area contributed by atoms with E-state index >= 15 is 0 Å². The molecule has 1 aliphatic rings. The lowest BCUT2D eigenvalue weighted by Gasteiger charge is -2.20. The van der Waals surface area contributed by atoms with Crippen LogP contribution in [0.2, 0.25) is 0 Å². The molecule has 0 unspecified atom stereocenters. The van der Waals surface area contributed by atoms with Crippen LogP contribution in [0.15, 0.2) is 42.5 Å². The molecule has 0 aliphatic carbocycles. The first-order valence-electron chi connectivity index (χ1n) is 5.18. The van der Waals surface area contributed by atoms with E-state index < -0.39 is 0 Å². The van der Waals surface area contributed by atoms with Crippen molar-refractivity contribution in [2.75, 3.05) is 0 Å². The Morgan fingerprint density at radius 3 is 2.67 bits per heavy atom. The van der Waals surface area contributed by atoms with Gasteiger partial charge in [-0.2, -0.15) is 0 Å². The first-order chi connectivity index (χ1) is 7.33. The number of rotatable bonds is 0. The Kier molecular flexibility index (Phi) is 1.78. The van der Waals surface area contributed by atoms with Crippen molar-refractivity contribution in [1.29, 1.82) is 0 Å². The van der Waals surface area contributed by atoms with E-state index in [4.69, 9.17) is 4.74 Å². The number of fused-ring (bicyclic) bond motifs is 2. The second kappa shape index (κ2) is 3.13. The van der Waals surface area contributed by atoms with Gasteiger partial charge in [0.2, 0.25) is 0 Å². The predicted octanol–water partition coefficient (Wildman–Crippen LogP) is 3.69. The highest BCUT2D eigenvalue weighted by Gasteiger charge is 2.15. The summed E-state index contributed by atoms with van der Waals surface area (Å²) in [5, 5.41) is 0. The van der Waals surface area contributed by atoms with E-state index in [9.17, 15) is 0 Å². The van der Waals surface area contributed by atoms with Crippen molar-refractivity contribution in [3.8, 4) is 11.5 Å². The minimum absolute atomic E-state index is 0.978. The largest absolute Gasteiger partial charge is 0.457 e. The normalized spacial score (nSPS) is 12.6. The van der Waals surface area contributed by atoms with E-state index in [0.29, 0.717) is 0 Å². The van der Waals surface area contributed by atoms with Gasteiger partial charge in [-0.1, -0.05) is 30.3 Å². The lowest BCUT2D eigenvalue weighted by molar-refractivity contribution is 0.459. The molecule has 2 aromatic carbocycles. The van der Waals surface area contributed by atoms with Gasteiger partial charge in [-0.3, -0.25) is 0 Å². The molecule has 0 amide bonds. The van der Waals surface area contributed by atoms with Gasteiger partial charge in [-0.15, -0.1) is 0 Å². The second-order valence-electron chi connectivity index (χ2n) is 4.00. The molecular weight excluding hydrogens is 184 g/mol. The average Bonchev–Trinajstić information content (AvgIpc) is 2.26. The molecule has 1 nitrogen and oxygen atoms in total. The summed E-state index contributed by atoms with van der Waals surface area (Å²) < 4.78 is 5.86. The van der Waals surface area contributed by atoms with Crippen molar-refractivity contribution in [3.63, 3.8) is 0 Å². The van der Waals surface area contributed by atoms with Gasteiger partial charge < -0.3 is 4.74 Å². The van der Waals surface area contributed by atoms with Gasteiger partial charge in [-0.25, -0.2) is 0 Å². The molecule has 1 heterocycles. The van der Waals surface area contributed by atoms with Crippen molar-refractivity contribution >= 4 is 0 Å². The minimum atomic E-state index is 0.978. The highest BCUT2D eigenvalue weighted by molar-refractivity contribution is 5.50. The van der Waals surface area contributed by atoms with E-state index in [1.54, 1.807) is 0 Å². The molecular formula is C14H12O. The first-order valence-corrected chi connectivity index (χ1v) is 5.18. The lowest BCUT2D eigenvalue weighted by Crippen LogP contribution is -2.02. The monoisotopic (exact) mass is 196 g/mol. The van der Waals surface area contributed by atoms with Crippen LogP contribution in [-0.2, 0) is 6.42 Å². The number of para-hydroxylation sites is 1. The standard InChI is InChI=1S/C14H12O/c1-10-6-7-12-9-11-4-2-3-5-13(11)15-14(12)8-10/h2-8H,9H2,1H3. The summed E-state index contributed by atoms with van der Waals surface area (Å²) in [6, 6.07) is 14.6. The molecule has 1 aliphatic heterocycles. The molecule has 15 heavy (non-hydrogen) atoms. The van der Waals surface area contributed by atoms with Crippen LogP contribution in [0, 0.1) is 6.92 Å². The molecule has 0 atom stereocenters. The molecule has 0 saturated heterocycles. The van der Waals surface area contributed by atoms with E-state index in [-0.39, 0.29) is 0 Å². The fourth-order valence-corrected chi connectivity index (χ4v) is 1.98. The second-order valence-corrected chi connectivity index (χ2v) is 4.00. The molecule has 2 aromatic rings. The average molecular weight is 196 g/mol. The summed E-state index contributed by atoms with van der Waals surface area (Å²) in [4.78, 5) is 0. The Balaban J connectivity index is 2.11. The molecule has 1 heteroatoms. The molecule has 3 rings (SSSR count). The fraction of sp³-hybridized carbons (Fsp3) is 0.143. The zero-order valence-corrected chi connectivity index (χ0v) is 8.66. The van der Waals surface area contributed by atoms with Gasteiger partial charge in [-0.05, 0) is 35.7 Å². The van der Waals surface area contributed by atoms with Gasteiger partial charge >= 0.3 is 0 Å². The number of benzene rings is 2. The Labute approximate surface area is 89.3 Å². The van der Waals surface area contributed by atoms with Crippen LogP contribution in [-0.4, -0.2) is 0 Å². The summed E-state index contributed by atoms with van der Waals surface area (Å²) in [7, 11) is 0. The zero-order valence-electron chi connectivity index (χ0n) is 8.66. The maximum absolute atomic E-state index is 5.86. The molecule has 0 spiro atoms. The van der Waals surface area contributed by atoms with Crippen LogP contribution in [0.25, 0.3) is 0 Å². The van der Waals surface area contributed by atoms with Crippen LogP contribution in [0.1, 0.15) is 16.7 Å². The third kappa shape index (κ3) is 1.40. The summed E-state index contributed by atoms with van der Waals surface area (Å²) >= 11 is 0. The highest BCUT2D eigenvalue weighted by atomic mass is 16.5. The maximum Gasteiger partial charge on any atom is 0.131 e. The molecule has 0 radical (unpaired) electrons. The Morgan fingerprint density at radius 1 is 0.933 bits per heavy atom. The Bertz CT molecular complexity index is 514. The smallest absolute Gasteiger partial charge is 0.131 e. The van der Waals surface area contributed by atoms with E-state index in [2.05, 4.69) is 37.3 Å². The molecule has 0 N–H and O–H groups in total. The zero-order chi connectivity index (χ0) is 10.3. The molecule has 0 aromatic heterocycles. The fourth-order valence-electron chi connectivity index (χ4n) is 1.98. The third-order valence-corrected chi connectivity index (χ3v) is 2.80. The molecule has 74 valence electrons. The van der Waals surface area contributed by atoms with E-state index in [1.807, 2.05) is 12.1 Å². The van der Waals surface area contributed by atoms with Gasteiger partial charge in [0.25, 0.3) is 0 Å². The van der Waals surface area contributed by atoms with Crippen LogP contribution in [0.3, 0.4) is 0 Å². The third-order valence-electron chi connectivity index (χ3n) is 2.80. The van der Waals surface area contributed by atoms with Crippen LogP contribution >= 0.6 is 0 Å². The summed E-state index contributed by atoms with van der Waals surface area (Å²) in [5.41, 5.74) is 3.79. The van der Waals surface area contributed by atoms with Gasteiger partial charge in [0.1, 0.15) is 11.5 Å².